The number of guanidine groups is 1. The highest BCUT2D eigenvalue weighted by Crippen LogP contribution is 2.37. The third kappa shape index (κ3) is 7.35. The lowest BCUT2D eigenvalue weighted by atomic mass is 10.1. The molecular weight excluding hydrogens is 330 g/mol. The second kappa shape index (κ2) is 10.6. The first-order valence-electron chi connectivity index (χ1n) is 10.2. The minimum Gasteiger partial charge on any atom is -0.357 e. The minimum absolute atomic E-state index is 0.340. The Balaban J connectivity index is 1.72. The van der Waals surface area contributed by atoms with Crippen LogP contribution >= 0.6 is 11.8 Å². The summed E-state index contributed by atoms with van der Waals surface area (Å²) in [7, 11) is 0. The molecule has 6 heteroatoms. The molecule has 5 nitrogen and oxygen atoms in total. The van der Waals surface area contributed by atoms with Gasteiger partial charge in [-0.1, -0.05) is 13.8 Å². The van der Waals surface area contributed by atoms with Gasteiger partial charge in [-0.2, -0.15) is 11.8 Å². The Morgan fingerprint density at radius 2 is 1.88 bits per heavy atom. The molecule has 0 aromatic heterocycles. The van der Waals surface area contributed by atoms with Gasteiger partial charge in [-0.3, -0.25) is 4.99 Å². The van der Waals surface area contributed by atoms with Gasteiger partial charge < -0.3 is 20.4 Å². The van der Waals surface area contributed by atoms with E-state index in [4.69, 9.17) is 4.99 Å². The van der Waals surface area contributed by atoms with Crippen LogP contribution in [0.15, 0.2) is 4.99 Å². The first kappa shape index (κ1) is 20.8. The molecule has 25 heavy (non-hydrogen) atoms. The van der Waals surface area contributed by atoms with E-state index in [1.54, 1.807) is 0 Å². The molecule has 0 aliphatic carbocycles. The number of nitrogens with one attached hydrogen (secondary N) is 2. The van der Waals surface area contributed by atoms with Gasteiger partial charge in [-0.15, -0.1) is 0 Å². The summed E-state index contributed by atoms with van der Waals surface area (Å²) in [6, 6.07) is 0. The molecule has 0 spiro atoms. The molecule has 2 saturated heterocycles. The summed E-state index contributed by atoms with van der Waals surface area (Å²) in [5, 5.41) is 6.97. The summed E-state index contributed by atoms with van der Waals surface area (Å²) in [6.07, 6.45) is 2.63. The number of nitrogens with zero attached hydrogens (tertiary/aromatic N) is 3. The van der Waals surface area contributed by atoms with Crippen LogP contribution in [-0.4, -0.2) is 85.2 Å². The Kier molecular flexibility index (Phi) is 8.87. The topological polar surface area (TPSA) is 42.9 Å². The molecule has 2 atom stereocenters. The maximum atomic E-state index is 4.86. The van der Waals surface area contributed by atoms with Crippen LogP contribution in [0, 0.1) is 5.92 Å². The lowest BCUT2D eigenvalue weighted by Crippen LogP contribution is -2.48. The van der Waals surface area contributed by atoms with Crippen molar-refractivity contribution in [3.8, 4) is 0 Å². The number of hydrogen-bond acceptors (Lipinski definition) is 4. The monoisotopic (exact) mass is 369 g/mol. The summed E-state index contributed by atoms with van der Waals surface area (Å²) in [5.74, 6) is 2.91. The molecule has 2 aliphatic rings. The van der Waals surface area contributed by atoms with E-state index in [1.165, 1.54) is 57.9 Å². The van der Waals surface area contributed by atoms with Gasteiger partial charge in [0.05, 0.1) is 6.54 Å². The van der Waals surface area contributed by atoms with Crippen molar-refractivity contribution in [2.75, 3.05) is 64.7 Å². The van der Waals surface area contributed by atoms with Gasteiger partial charge in [0.15, 0.2) is 5.96 Å². The molecule has 2 heterocycles. The average Bonchev–Trinajstić information content (AvgIpc) is 3.05. The fourth-order valence-corrected chi connectivity index (χ4v) is 4.84. The molecular formula is C19H39N5S. The lowest BCUT2D eigenvalue weighted by Gasteiger charge is -2.35. The van der Waals surface area contributed by atoms with Crippen molar-refractivity contribution < 1.29 is 0 Å². The summed E-state index contributed by atoms with van der Waals surface area (Å²) in [4.78, 5) is 10.0. The van der Waals surface area contributed by atoms with Gasteiger partial charge in [-0.25, -0.2) is 0 Å². The van der Waals surface area contributed by atoms with Crippen LogP contribution in [0.3, 0.4) is 0 Å². The molecule has 0 aromatic carbocycles. The molecule has 2 aliphatic heterocycles. The van der Waals surface area contributed by atoms with Crippen LogP contribution < -0.4 is 10.6 Å². The molecule has 2 unspecified atom stereocenters. The number of aliphatic imine (C=N–C) groups is 1. The minimum atomic E-state index is 0.340. The molecule has 0 radical (unpaired) electrons. The van der Waals surface area contributed by atoms with Gasteiger partial charge in [0.1, 0.15) is 0 Å². The molecule has 2 rings (SSSR count). The number of likely N-dealkylation sites (N-methyl/N-ethyl adjacent to an activating group) is 1. The molecule has 0 amide bonds. The van der Waals surface area contributed by atoms with E-state index in [9.17, 15) is 0 Å². The zero-order valence-electron chi connectivity index (χ0n) is 16.8. The number of piperazine rings is 1. The van der Waals surface area contributed by atoms with Crippen molar-refractivity contribution in [1.82, 2.24) is 20.4 Å². The van der Waals surface area contributed by atoms with Crippen LogP contribution in [0.4, 0.5) is 0 Å². The third-order valence-electron chi connectivity index (χ3n) is 5.32. The van der Waals surface area contributed by atoms with Crippen LogP contribution in [0.1, 0.15) is 40.5 Å². The smallest absolute Gasteiger partial charge is 0.191 e. The van der Waals surface area contributed by atoms with Crippen molar-refractivity contribution in [3.63, 3.8) is 0 Å². The number of rotatable bonds is 8. The van der Waals surface area contributed by atoms with E-state index in [0.29, 0.717) is 10.7 Å². The molecule has 146 valence electrons. The van der Waals surface area contributed by atoms with Crippen LogP contribution in [0.5, 0.6) is 0 Å². The number of thioether (sulfide) groups is 1. The van der Waals surface area contributed by atoms with Gasteiger partial charge in [0, 0.05) is 50.6 Å². The van der Waals surface area contributed by atoms with Crippen molar-refractivity contribution in [1.29, 1.82) is 0 Å². The highest BCUT2D eigenvalue weighted by atomic mass is 32.2. The Labute approximate surface area is 159 Å². The van der Waals surface area contributed by atoms with Gasteiger partial charge >= 0.3 is 0 Å². The second-order valence-electron chi connectivity index (χ2n) is 7.82. The fourth-order valence-electron chi connectivity index (χ4n) is 3.61. The van der Waals surface area contributed by atoms with Gasteiger partial charge in [0.2, 0.25) is 0 Å². The third-order valence-corrected chi connectivity index (χ3v) is 6.84. The molecule has 0 aromatic rings. The average molecular weight is 370 g/mol. The zero-order valence-corrected chi connectivity index (χ0v) is 17.6. The van der Waals surface area contributed by atoms with E-state index in [2.05, 4.69) is 59.9 Å². The first-order chi connectivity index (χ1) is 12.0. The van der Waals surface area contributed by atoms with Crippen molar-refractivity contribution in [3.05, 3.63) is 0 Å². The summed E-state index contributed by atoms with van der Waals surface area (Å²) >= 11 is 2.08. The van der Waals surface area contributed by atoms with E-state index in [1.807, 2.05) is 0 Å². The summed E-state index contributed by atoms with van der Waals surface area (Å²) in [5.41, 5.74) is 0. The Morgan fingerprint density at radius 3 is 2.48 bits per heavy atom. The van der Waals surface area contributed by atoms with Crippen LogP contribution in [0.2, 0.25) is 0 Å². The van der Waals surface area contributed by atoms with Gasteiger partial charge in [-0.05, 0) is 44.9 Å². The maximum absolute atomic E-state index is 4.86. The second-order valence-corrected chi connectivity index (χ2v) is 9.50. The molecule has 0 bridgehead atoms. The Morgan fingerprint density at radius 1 is 1.16 bits per heavy atom. The Hall–Kier alpha value is -0.460. The van der Waals surface area contributed by atoms with Crippen LogP contribution in [0.25, 0.3) is 0 Å². The standard InChI is InChI=1S/C19H39N5S/c1-5-20-18(22-16-19(4)8-7-13-25-19)21-14-17(3)15-24-11-9-23(6-2)10-12-24/h17H,5-16H2,1-4H3,(H2,20,21,22). The fraction of sp³-hybridized carbons (Fsp3) is 0.947. The highest BCUT2D eigenvalue weighted by Gasteiger charge is 2.29. The van der Waals surface area contributed by atoms with E-state index < -0.39 is 0 Å². The predicted octanol–water partition coefficient (Wildman–Crippen LogP) is 2.10. The molecule has 2 N–H and O–H groups in total. The predicted molar refractivity (Wildman–Crippen MR) is 112 cm³/mol. The number of hydrogen-bond donors (Lipinski definition) is 2. The summed E-state index contributed by atoms with van der Waals surface area (Å²) < 4.78 is 0.340. The van der Waals surface area contributed by atoms with Crippen molar-refractivity contribution in [2.24, 2.45) is 10.9 Å². The Bertz CT molecular complexity index is 401. The van der Waals surface area contributed by atoms with E-state index in [0.717, 1.165) is 25.6 Å². The van der Waals surface area contributed by atoms with Crippen molar-refractivity contribution in [2.45, 2.75) is 45.3 Å². The molecule has 0 saturated carbocycles. The normalized spacial score (nSPS) is 27.4. The van der Waals surface area contributed by atoms with Gasteiger partial charge in [0.25, 0.3) is 0 Å². The summed E-state index contributed by atoms with van der Waals surface area (Å²) in [6.45, 7) is 19.1. The lowest BCUT2D eigenvalue weighted by molar-refractivity contribution is 0.124. The van der Waals surface area contributed by atoms with Crippen molar-refractivity contribution >= 4 is 17.7 Å². The molecule has 2 fully saturated rings. The quantitative estimate of drug-likeness (QED) is 0.507. The largest absolute Gasteiger partial charge is 0.357 e. The highest BCUT2D eigenvalue weighted by molar-refractivity contribution is 8.00. The van der Waals surface area contributed by atoms with E-state index in [-0.39, 0.29) is 0 Å². The zero-order chi connectivity index (χ0) is 18.1. The SMILES string of the molecule is CCNC(=NCC1(C)CCCS1)NCC(C)CN1CCN(CC)CC1. The van der Waals surface area contributed by atoms with Crippen LogP contribution in [-0.2, 0) is 0 Å². The maximum Gasteiger partial charge on any atom is 0.191 e. The first-order valence-corrected chi connectivity index (χ1v) is 11.1. The van der Waals surface area contributed by atoms with E-state index >= 15 is 0 Å².